The van der Waals surface area contributed by atoms with Crippen molar-refractivity contribution in [2.75, 3.05) is 23.7 Å². The number of rotatable bonds is 12. The molecule has 0 fully saturated rings. The molecule has 7 nitrogen and oxygen atoms in total. The Hall–Kier alpha value is -3.14. The third-order valence-electron chi connectivity index (χ3n) is 6.07. The number of nitrogens with one attached hydrogen (secondary N) is 1. The van der Waals surface area contributed by atoms with E-state index in [4.69, 9.17) is 23.2 Å². The summed E-state index contributed by atoms with van der Waals surface area (Å²) in [4.78, 5) is 28.9. The van der Waals surface area contributed by atoms with Gasteiger partial charge in [0, 0.05) is 19.5 Å². The van der Waals surface area contributed by atoms with Crippen LogP contribution in [-0.2, 0) is 32.6 Å². The van der Waals surface area contributed by atoms with E-state index < -0.39 is 34.3 Å². The van der Waals surface area contributed by atoms with Gasteiger partial charge in [-0.25, -0.2) is 12.8 Å². The molecule has 40 heavy (non-hydrogen) atoms. The van der Waals surface area contributed by atoms with Crippen LogP contribution in [0.1, 0.15) is 25.0 Å². The van der Waals surface area contributed by atoms with Crippen molar-refractivity contribution >= 4 is 50.7 Å². The molecule has 0 aliphatic heterocycles. The van der Waals surface area contributed by atoms with Crippen LogP contribution in [-0.4, -0.2) is 50.5 Å². The fraction of sp³-hybridized carbons (Fsp3) is 0.310. The van der Waals surface area contributed by atoms with Crippen LogP contribution in [0.25, 0.3) is 0 Å². The lowest BCUT2D eigenvalue weighted by molar-refractivity contribution is -0.140. The number of carbonyl (C=O) groups is 2. The van der Waals surface area contributed by atoms with Gasteiger partial charge in [-0.05, 0) is 47.4 Å². The van der Waals surface area contributed by atoms with Crippen molar-refractivity contribution in [3.8, 4) is 0 Å². The maximum absolute atomic E-state index is 14.0. The summed E-state index contributed by atoms with van der Waals surface area (Å²) >= 11 is 12.3. The fourth-order valence-corrected chi connectivity index (χ4v) is 5.22. The lowest BCUT2D eigenvalue weighted by atomic mass is 10.0. The summed E-state index contributed by atoms with van der Waals surface area (Å²) in [5.74, 6) is -1.53. The minimum atomic E-state index is -3.99. The van der Waals surface area contributed by atoms with Gasteiger partial charge in [-0.15, -0.1) is 0 Å². The number of nitrogens with zero attached hydrogens (tertiary/aromatic N) is 2. The maximum atomic E-state index is 14.0. The molecule has 0 aromatic heterocycles. The summed E-state index contributed by atoms with van der Waals surface area (Å²) in [6.45, 7) is 3.59. The quantitative estimate of drug-likeness (QED) is 0.302. The molecule has 0 heterocycles. The van der Waals surface area contributed by atoms with Crippen LogP contribution < -0.4 is 9.62 Å². The zero-order valence-corrected chi connectivity index (χ0v) is 24.8. The van der Waals surface area contributed by atoms with Crippen molar-refractivity contribution in [1.29, 1.82) is 0 Å². The maximum Gasteiger partial charge on any atom is 0.244 e. The second kappa shape index (κ2) is 14.0. The molecule has 0 aliphatic rings. The number of sulfonamides is 1. The molecule has 1 N–H and O–H groups in total. The molecule has 3 aromatic rings. The van der Waals surface area contributed by atoms with Crippen molar-refractivity contribution < 1.29 is 22.4 Å². The molecular formula is C29H32Cl2FN3O4S. The van der Waals surface area contributed by atoms with Crippen LogP contribution in [0.15, 0.2) is 72.8 Å². The van der Waals surface area contributed by atoms with E-state index in [9.17, 15) is 22.4 Å². The van der Waals surface area contributed by atoms with E-state index >= 15 is 0 Å². The number of anilines is 1. The van der Waals surface area contributed by atoms with E-state index in [1.54, 1.807) is 18.2 Å². The molecule has 11 heteroatoms. The number of hydrogen-bond donors (Lipinski definition) is 1. The smallest absolute Gasteiger partial charge is 0.244 e. The van der Waals surface area contributed by atoms with Crippen molar-refractivity contribution in [2.45, 2.75) is 32.9 Å². The Bertz CT molecular complexity index is 1440. The zero-order chi connectivity index (χ0) is 29.4. The minimum absolute atomic E-state index is 0.00536. The van der Waals surface area contributed by atoms with Crippen LogP contribution in [0.3, 0.4) is 0 Å². The van der Waals surface area contributed by atoms with E-state index in [0.717, 1.165) is 22.2 Å². The second-order valence-electron chi connectivity index (χ2n) is 9.86. The van der Waals surface area contributed by atoms with Crippen molar-refractivity contribution in [1.82, 2.24) is 10.2 Å². The highest BCUT2D eigenvalue weighted by Crippen LogP contribution is 2.25. The van der Waals surface area contributed by atoms with Gasteiger partial charge in [-0.3, -0.25) is 13.9 Å². The number of benzene rings is 3. The van der Waals surface area contributed by atoms with Crippen LogP contribution >= 0.6 is 23.2 Å². The van der Waals surface area contributed by atoms with Crippen LogP contribution in [0.5, 0.6) is 0 Å². The first-order valence-corrected chi connectivity index (χ1v) is 15.2. The molecule has 1 unspecified atom stereocenters. The molecule has 0 bridgehead atoms. The van der Waals surface area contributed by atoms with Crippen molar-refractivity contribution in [3.63, 3.8) is 0 Å². The van der Waals surface area contributed by atoms with Gasteiger partial charge in [0.25, 0.3) is 0 Å². The molecule has 0 saturated carbocycles. The summed E-state index contributed by atoms with van der Waals surface area (Å²) in [7, 11) is -3.99. The SMILES string of the molecule is CC(C)CNC(=O)C(Cc1ccccc1)N(Cc1ccc(Cl)c(Cl)c1)C(=O)CN(c1cccc(F)c1)S(C)(=O)=O. The summed E-state index contributed by atoms with van der Waals surface area (Å²) in [6, 6.07) is 18.1. The Morgan fingerprint density at radius 3 is 2.23 bits per heavy atom. The average molecular weight is 609 g/mol. The zero-order valence-electron chi connectivity index (χ0n) is 22.5. The van der Waals surface area contributed by atoms with Gasteiger partial charge in [0.1, 0.15) is 18.4 Å². The van der Waals surface area contributed by atoms with Crippen LogP contribution in [0.4, 0.5) is 10.1 Å². The monoisotopic (exact) mass is 607 g/mol. The number of hydrogen-bond acceptors (Lipinski definition) is 4. The number of amides is 2. The molecule has 0 saturated heterocycles. The predicted molar refractivity (Wildman–Crippen MR) is 157 cm³/mol. The Labute approximate surface area is 244 Å². The summed E-state index contributed by atoms with van der Waals surface area (Å²) in [6.07, 6.45) is 1.11. The molecule has 0 spiro atoms. The summed E-state index contributed by atoms with van der Waals surface area (Å²) in [5.41, 5.74) is 1.40. The first-order valence-electron chi connectivity index (χ1n) is 12.6. The summed E-state index contributed by atoms with van der Waals surface area (Å²) < 4.78 is 40.3. The molecular weight excluding hydrogens is 576 g/mol. The third-order valence-corrected chi connectivity index (χ3v) is 7.95. The van der Waals surface area contributed by atoms with Gasteiger partial charge >= 0.3 is 0 Å². The topological polar surface area (TPSA) is 86.8 Å². The van der Waals surface area contributed by atoms with E-state index in [0.29, 0.717) is 17.1 Å². The molecule has 3 aromatic carbocycles. The number of halogens is 3. The molecule has 2 amide bonds. The van der Waals surface area contributed by atoms with Gasteiger partial charge in [0.2, 0.25) is 21.8 Å². The highest BCUT2D eigenvalue weighted by molar-refractivity contribution is 7.92. The van der Waals surface area contributed by atoms with Gasteiger partial charge in [0.15, 0.2) is 0 Å². The van der Waals surface area contributed by atoms with Crippen LogP contribution in [0.2, 0.25) is 10.0 Å². The average Bonchev–Trinajstić information content (AvgIpc) is 2.89. The lowest BCUT2D eigenvalue weighted by Crippen LogP contribution is -2.53. The van der Waals surface area contributed by atoms with E-state index in [2.05, 4.69) is 5.32 Å². The highest BCUT2D eigenvalue weighted by Gasteiger charge is 2.33. The van der Waals surface area contributed by atoms with Gasteiger partial charge in [-0.1, -0.05) is 79.5 Å². The Morgan fingerprint density at radius 2 is 1.62 bits per heavy atom. The second-order valence-corrected chi connectivity index (χ2v) is 12.6. The first kappa shape index (κ1) is 31.4. The number of carbonyl (C=O) groups excluding carboxylic acids is 2. The molecule has 214 valence electrons. The molecule has 0 aliphatic carbocycles. The van der Waals surface area contributed by atoms with Gasteiger partial charge < -0.3 is 10.2 Å². The Kier molecular flexibility index (Phi) is 11.0. The van der Waals surface area contributed by atoms with E-state index in [1.807, 2.05) is 44.2 Å². The predicted octanol–water partition coefficient (Wildman–Crippen LogP) is 5.31. The lowest BCUT2D eigenvalue weighted by Gasteiger charge is -2.33. The van der Waals surface area contributed by atoms with Gasteiger partial charge in [-0.2, -0.15) is 0 Å². The molecule has 0 radical (unpaired) electrons. The first-order chi connectivity index (χ1) is 18.8. The molecule has 1 atom stereocenters. The van der Waals surface area contributed by atoms with E-state index in [-0.39, 0.29) is 35.5 Å². The summed E-state index contributed by atoms with van der Waals surface area (Å²) in [5, 5.41) is 3.50. The van der Waals surface area contributed by atoms with E-state index in [1.165, 1.54) is 23.1 Å². The van der Waals surface area contributed by atoms with Crippen molar-refractivity contribution in [3.05, 3.63) is 99.8 Å². The Balaban J connectivity index is 2.06. The largest absolute Gasteiger partial charge is 0.354 e. The molecule has 3 rings (SSSR count). The standard InChI is InChI=1S/C29H32Cl2FN3O4S/c1-20(2)17-33-29(37)27(15-21-8-5-4-6-9-21)34(18-22-12-13-25(30)26(31)14-22)28(36)19-35(40(3,38)39)24-11-7-10-23(32)16-24/h4-14,16,20,27H,15,17-19H2,1-3H3,(H,33,37). The normalized spacial score (nSPS) is 12.2. The minimum Gasteiger partial charge on any atom is -0.354 e. The third kappa shape index (κ3) is 8.94. The van der Waals surface area contributed by atoms with Gasteiger partial charge in [0.05, 0.1) is 22.0 Å². The van der Waals surface area contributed by atoms with Crippen molar-refractivity contribution in [2.24, 2.45) is 5.92 Å². The fourth-order valence-electron chi connectivity index (χ4n) is 4.06. The van der Waals surface area contributed by atoms with Crippen LogP contribution in [0, 0.1) is 11.7 Å². The highest BCUT2D eigenvalue weighted by atomic mass is 35.5. The Morgan fingerprint density at radius 1 is 0.925 bits per heavy atom.